The van der Waals surface area contributed by atoms with Crippen LogP contribution in [0.15, 0.2) is 95.8 Å². The molecule has 1 radical (unpaired) electrons. The summed E-state index contributed by atoms with van der Waals surface area (Å²) in [6.45, 7) is 4.84. The van der Waals surface area contributed by atoms with Gasteiger partial charge in [0.2, 0.25) is 0 Å². The van der Waals surface area contributed by atoms with Crippen molar-refractivity contribution in [3.05, 3.63) is 107 Å². The van der Waals surface area contributed by atoms with Gasteiger partial charge < -0.3 is 0 Å². The Hall–Kier alpha value is -2.38. The summed E-state index contributed by atoms with van der Waals surface area (Å²) in [7, 11) is -0.487. The zero-order valence-electron chi connectivity index (χ0n) is 15.3. The molecule has 0 nitrogen and oxygen atoms in total. The minimum atomic E-state index is -0.487. The lowest BCUT2D eigenvalue weighted by Crippen LogP contribution is -2.18. The SMILES string of the molecule is C[Si](C)C1=C(C2C=CC=C2)C(C2c3ccccc3-c3ccccc32)C=C1. The molecule has 1 atom stereocenters. The third kappa shape index (κ3) is 2.27. The van der Waals surface area contributed by atoms with Gasteiger partial charge in [-0.3, -0.25) is 0 Å². The summed E-state index contributed by atoms with van der Waals surface area (Å²) in [6, 6.07) is 18.0. The van der Waals surface area contributed by atoms with Crippen molar-refractivity contribution in [2.75, 3.05) is 0 Å². The van der Waals surface area contributed by atoms with Crippen molar-refractivity contribution in [1.82, 2.24) is 0 Å². The molecule has 0 heterocycles. The van der Waals surface area contributed by atoms with Gasteiger partial charge in [-0.15, -0.1) is 0 Å². The summed E-state index contributed by atoms with van der Waals surface area (Å²) in [5.41, 5.74) is 7.48. The minimum Gasteiger partial charge on any atom is -0.0765 e. The highest BCUT2D eigenvalue weighted by atomic mass is 28.3. The topological polar surface area (TPSA) is 0 Å². The van der Waals surface area contributed by atoms with Crippen molar-refractivity contribution in [3.63, 3.8) is 0 Å². The quantitative estimate of drug-likeness (QED) is 0.568. The van der Waals surface area contributed by atoms with Crippen LogP contribution in [0, 0.1) is 11.8 Å². The van der Waals surface area contributed by atoms with E-state index in [1.165, 1.54) is 22.3 Å². The maximum absolute atomic E-state index is 2.49. The maximum atomic E-state index is 2.49. The summed E-state index contributed by atoms with van der Waals surface area (Å²) in [6.07, 6.45) is 14.1. The fraction of sp³-hybridized carbons (Fsp3) is 0.200. The van der Waals surface area contributed by atoms with E-state index < -0.39 is 8.80 Å². The molecular formula is C25H23Si. The standard InChI is InChI=1S/C25H23Si/c1-26(2)23-16-15-22(24(23)17-9-3-4-10-17)25-20-13-7-5-11-18(20)19-12-6-8-14-21(19)25/h3-17,22,25H,1-2H3. The van der Waals surface area contributed by atoms with Gasteiger partial charge >= 0.3 is 0 Å². The molecule has 0 aliphatic heterocycles. The summed E-state index contributed by atoms with van der Waals surface area (Å²) >= 11 is 0. The van der Waals surface area contributed by atoms with Crippen LogP contribution in [0.1, 0.15) is 17.0 Å². The van der Waals surface area contributed by atoms with E-state index in [4.69, 9.17) is 0 Å². The summed E-state index contributed by atoms with van der Waals surface area (Å²) in [5.74, 6) is 1.37. The van der Waals surface area contributed by atoms with Crippen LogP contribution >= 0.6 is 0 Å². The monoisotopic (exact) mass is 351 g/mol. The van der Waals surface area contributed by atoms with Crippen LogP contribution in [0.2, 0.25) is 13.1 Å². The number of hydrogen-bond donors (Lipinski definition) is 0. The second-order valence-corrected chi connectivity index (χ2v) is 10.2. The van der Waals surface area contributed by atoms with Gasteiger partial charge in [0.05, 0.1) is 8.80 Å². The van der Waals surface area contributed by atoms with Crippen molar-refractivity contribution in [2.45, 2.75) is 19.0 Å². The Bertz CT molecular complexity index is 929. The van der Waals surface area contributed by atoms with Crippen molar-refractivity contribution >= 4 is 8.80 Å². The first kappa shape index (κ1) is 15.8. The number of allylic oxidation sites excluding steroid dienone is 8. The van der Waals surface area contributed by atoms with Crippen LogP contribution in [0.4, 0.5) is 0 Å². The fourth-order valence-electron chi connectivity index (χ4n) is 4.95. The van der Waals surface area contributed by atoms with E-state index in [9.17, 15) is 0 Å². The average molecular weight is 352 g/mol. The van der Waals surface area contributed by atoms with Crippen LogP contribution in [0.3, 0.4) is 0 Å². The van der Waals surface area contributed by atoms with Gasteiger partial charge in [-0.05, 0) is 22.3 Å². The molecule has 0 saturated carbocycles. The minimum absolute atomic E-state index is 0.440. The normalized spacial score (nSPS) is 21.3. The molecule has 2 aromatic rings. The van der Waals surface area contributed by atoms with E-state index in [-0.39, 0.29) is 0 Å². The molecule has 5 rings (SSSR count). The lowest BCUT2D eigenvalue weighted by atomic mass is 9.77. The third-order valence-electron chi connectivity index (χ3n) is 6.03. The highest BCUT2D eigenvalue weighted by molar-refractivity contribution is 6.65. The molecule has 1 unspecified atom stereocenters. The molecule has 1 heteroatoms. The molecular weight excluding hydrogens is 328 g/mol. The van der Waals surface area contributed by atoms with Gasteiger partial charge in [0, 0.05) is 17.8 Å². The van der Waals surface area contributed by atoms with E-state index in [2.05, 4.69) is 98.1 Å². The highest BCUT2D eigenvalue weighted by Gasteiger charge is 2.39. The zero-order valence-corrected chi connectivity index (χ0v) is 16.3. The van der Waals surface area contributed by atoms with Crippen molar-refractivity contribution in [3.8, 4) is 11.1 Å². The largest absolute Gasteiger partial charge is 0.0791 e. The molecule has 0 aromatic heterocycles. The molecule has 3 aliphatic rings. The van der Waals surface area contributed by atoms with E-state index >= 15 is 0 Å². The van der Waals surface area contributed by atoms with Gasteiger partial charge in [0.15, 0.2) is 0 Å². The van der Waals surface area contributed by atoms with Crippen molar-refractivity contribution in [1.29, 1.82) is 0 Å². The summed E-state index contributed by atoms with van der Waals surface area (Å²) in [4.78, 5) is 0. The fourth-order valence-corrected chi connectivity index (χ4v) is 6.29. The maximum Gasteiger partial charge on any atom is 0.0791 e. The van der Waals surface area contributed by atoms with Crippen molar-refractivity contribution < 1.29 is 0 Å². The smallest absolute Gasteiger partial charge is 0.0765 e. The Morgan fingerprint density at radius 3 is 1.88 bits per heavy atom. The number of hydrogen-bond acceptors (Lipinski definition) is 0. The molecule has 0 bridgehead atoms. The van der Waals surface area contributed by atoms with Gasteiger partial charge in [-0.2, -0.15) is 0 Å². The number of fused-ring (bicyclic) bond motifs is 3. The molecule has 0 spiro atoms. The Kier molecular flexibility index (Phi) is 3.72. The second kappa shape index (κ2) is 6.10. The van der Waals surface area contributed by atoms with Crippen LogP contribution in [-0.2, 0) is 0 Å². The average Bonchev–Trinajstić information content (AvgIpc) is 3.38. The molecule has 2 aromatic carbocycles. The molecule has 0 amide bonds. The number of benzene rings is 2. The van der Waals surface area contributed by atoms with E-state index in [1.54, 1.807) is 10.8 Å². The molecule has 0 fully saturated rings. The lowest BCUT2D eigenvalue weighted by Gasteiger charge is -2.27. The van der Waals surface area contributed by atoms with Gasteiger partial charge in [-0.25, -0.2) is 0 Å². The molecule has 3 aliphatic carbocycles. The molecule has 127 valence electrons. The Balaban J connectivity index is 1.69. The molecule has 26 heavy (non-hydrogen) atoms. The van der Waals surface area contributed by atoms with E-state index in [0.29, 0.717) is 17.8 Å². The van der Waals surface area contributed by atoms with E-state index in [0.717, 1.165) is 0 Å². The molecule has 0 N–H and O–H groups in total. The Morgan fingerprint density at radius 1 is 0.731 bits per heavy atom. The number of rotatable bonds is 3. The first-order chi connectivity index (χ1) is 12.8. The van der Waals surface area contributed by atoms with Gasteiger partial charge in [-0.1, -0.05) is 109 Å². The van der Waals surface area contributed by atoms with Gasteiger partial charge in [0.25, 0.3) is 0 Å². The Morgan fingerprint density at radius 2 is 1.31 bits per heavy atom. The first-order valence-corrected chi connectivity index (χ1v) is 12.0. The van der Waals surface area contributed by atoms with Crippen LogP contribution < -0.4 is 0 Å². The summed E-state index contributed by atoms with van der Waals surface area (Å²) < 4.78 is 0. The van der Waals surface area contributed by atoms with Gasteiger partial charge in [0.1, 0.15) is 0 Å². The predicted octanol–water partition coefficient (Wildman–Crippen LogP) is 6.32. The lowest BCUT2D eigenvalue weighted by molar-refractivity contribution is 0.632. The second-order valence-electron chi connectivity index (χ2n) is 7.70. The van der Waals surface area contributed by atoms with Crippen LogP contribution in [0.25, 0.3) is 11.1 Å². The Labute approximate surface area is 157 Å². The van der Waals surface area contributed by atoms with E-state index in [1.807, 2.05) is 0 Å². The zero-order chi connectivity index (χ0) is 17.7. The molecule has 0 saturated heterocycles. The van der Waals surface area contributed by atoms with Crippen molar-refractivity contribution in [2.24, 2.45) is 11.8 Å². The van der Waals surface area contributed by atoms with Crippen LogP contribution in [0.5, 0.6) is 0 Å². The third-order valence-corrected chi connectivity index (χ3v) is 7.56. The summed E-state index contributed by atoms with van der Waals surface area (Å²) in [5, 5.41) is 1.63. The highest BCUT2D eigenvalue weighted by Crippen LogP contribution is 2.53. The first-order valence-electron chi connectivity index (χ1n) is 9.51. The van der Waals surface area contributed by atoms with Crippen LogP contribution in [-0.4, -0.2) is 8.80 Å². The predicted molar refractivity (Wildman–Crippen MR) is 113 cm³/mol.